The SMILES string of the molecule is Cc1ccc(CN2CCC(NC(=O)C(O)(c3ccccc3)C3CCCC3)CC2)o1. The van der Waals surface area contributed by atoms with E-state index in [0.29, 0.717) is 0 Å². The lowest BCUT2D eigenvalue weighted by atomic mass is 9.79. The number of aliphatic hydroxyl groups is 1. The lowest BCUT2D eigenvalue weighted by Crippen LogP contribution is -2.54. The number of nitrogens with zero attached hydrogens (tertiary/aromatic N) is 1. The van der Waals surface area contributed by atoms with E-state index in [1.807, 2.05) is 49.4 Å². The number of hydrogen-bond donors (Lipinski definition) is 2. The molecule has 2 N–H and O–H groups in total. The van der Waals surface area contributed by atoms with Gasteiger partial charge < -0.3 is 14.8 Å². The number of rotatable bonds is 6. The van der Waals surface area contributed by atoms with Gasteiger partial charge in [0, 0.05) is 25.0 Å². The van der Waals surface area contributed by atoms with Crippen molar-refractivity contribution in [3.63, 3.8) is 0 Å². The molecule has 5 heteroatoms. The van der Waals surface area contributed by atoms with Crippen molar-refractivity contribution in [1.82, 2.24) is 10.2 Å². The quantitative estimate of drug-likeness (QED) is 0.781. The summed E-state index contributed by atoms with van der Waals surface area (Å²) in [5.74, 6) is 1.70. The summed E-state index contributed by atoms with van der Waals surface area (Å²) >= 11 is 0. The number of likely N-dealkylation sites (tertiary alicyclic amines) is 1. The highest BCUT2D eigenvalue weighted by Crippen LogP contribution is 2.41. The molecule has 1 unspecified atom stereocenters. The minimum atomic E-state index is -1.43. The Morgan fingerprint density at radius 1 is 1.10 bits per heavy atom. The minimum Gasteiger partial charge on any atom is -0.465 e. The van der Waals surface area contributed by atoms with Gasteiger partial charge in [0.2, 0.25) is 0 Å². The van der Waals surface area contributed by atoms with Crippen LogP contribution >= 0.6 is 0 Å². The van der Waals surface area contributed by atoms with E-state index in [0.717, 1.165) is 75.2 Å². The molecule has 2 heterocycles. The third-order valence-corrected chi connectivity index (χ3v) is 6.60. The van der Waals surface area contributed by atoms with E-state index in [4.69, 9.17) is 4.42 Å². The van der Waals surface area contributed by atoms with Crippen LogP contribution < -0.4 is 5.32 Å². The topological polar surface area (TPSA) is 65.7 Å². The Morgan fingerprint density at radius 3 is 2.41 bits per heavy atom. The predicted octanol–water partition coefficient (Wildman–Crippen LogP) is 3.75. The molecule has 1 aromatic carbocycles. The number of carbonyl (C=O) groups excluding carboxylic acids is 1. The molecule has 0 bridgehead atoms. The van der Waals surface area contributed by atoms with Crippen molar-refractivity contribution in [2.75, 3.05) is 13.1 Å². The predicted molar refractivity (Wildman–Crippen MR) is 112 cm³/mol. The summed E-state index contributed by atoms with van der Waals surface area (Å²) in [6, 6.07) is 13.6. The van der Waals surface area contributed by atoms with Crippen molar-refractivity contribution >= 4 is 5.91 Å². The normalized spacial score (nSPS) is 21.2. The van der Waals surface area contributed by atoms with Crippen LogP contribution in [0.25, 0.3) is 0 Å². The maximum Gasteiger partial charge on any atom is 0.257 e. The first-order valence-electron chi connectivity index (χ1n) is 10.9. The molecule has 0 spiro atoms. The maximum atomic E-state index is 13.3. The Hall–Kier alpha value is -2.11. The number of hydrogen-bond acceptors (Lipinski definition) is 4. The Kier molecular flexibility index (Phi) is 6.07. The van der Waals surface area contributed by atoms with E-state index in [1.165, 1.54) is 0 Å². The van der Waals surface area contributed by atoms with Gasteiger partial charge in [-0.3, -0.25) is 9.69 Å². The Morgan fingerprint density at radius 2 is 1.79 bits per heavy atom. The summed E-state index contributed by atoms with van der Waals surface area (Å²) in [7, 11) is 0. The second-order valence-corrected chi connectivity index (χ2v) is 8.65. The standard InChI is InChI=1S/C24H32N2O3/c1-18-11-12-22(29-18)17-26-15-13-21(14-16-26)25-23(27)24(28,20-9-5-6-10-20)19-7-3-2-4-8-19/h2-4,7-8,11-12,20-21,28H,5-6,9-10,13-17H2,1H3,(H,25,27). The summed E-state index contributed by atoms with van der Waals surface area (Å²) in [6.45, 7) is 4.60. The Balaban J connectivity index is 1.38. The molecule has 29 heavy (non-hydrogen) atoms. The van der Waals surface area contributed by atoms with E-state index in [9.17, 15) is 9.90 Å². The number of carbonyl (C=O) groups is 1. The molecule has 156 valence electrons. The highest BCUT2D eigenvalue weighted by molar-refractivity contribution is 5.87. The molecular formula is C24H32N2O3. The molecular weight excluding hydrogens is 364 g/mol. The zero-order valence-electron chi connectivity index (χ0n) is 17.3. The molecule has 1 aromatic heterocycles. The third kappa shape index (κ3) is 4.41. The molecule has 1 saturated heterocycles. The molecule has 0 radical (unpaired) electrons. The summed E-state index contributed by atoms with van der Waals surface area (Å²) in [5, 5.41) is 14.8. The molecule has 1 aliphatic heterocycles. The van der Waals surface area contributed by atoms with E-state index >= 15 is 0 Å². The number of aryl methyl sites for hydroxylation is 1. The molecule has 5 nitrogen and oxygen atoms in total. The largest absolute Gasteiger partial charge is 0.465 e. The molecule has 1 atom stereocenters. The zero-order chi connectivity index (χ0) is 20.3. The fourth-order valence-electron chi connectivity index (χ4n) is 4.91. The van der Waals surface area contributed by atoms with Crippen molar-refractivity contribution in [2.45, 2.75) is 63.6 Å². The van der Waals surface area contributed by atoms with Gasteiger partial charge in [0.05, 0.1) is 6.54 Å². The monoisotopic (exact) mass is 396 g/mol. The molecule has 1 aliphatic carbocycles. The molecule has 1 amide bonds. The van der Waals surface area contributed by atoms with Crippen molar-refractivity contribution in [1.29, 1.82) is 0 Å². The van der Waals surface area contributed by atoms with Crippen molar-refractivity contribution in [3.8, 4) is 0 Å². The Bertz CT molecular complexity index is 805. The van der Waals surface area contributed by atoms with Crippen LogP contribution in [0.3, 0.4) is 0 Å². The number of piperidine rings is 1. The molecule has 2 aromatic rings. The van der Waals surface area contributed by atoms with Gasteiger partial charge in [-0.15, -0.1) is 0 Å². The van der Waals surface area contributed by atoms with Gasteiger partial charge in [-0.05, 0) is 50.3 Å². The lowest BCUT2D eigenvalue weighted by Gasteiger charge is -2.37. The number of nitrogens with one attached hydrogen (secondary N) is 1. The van der Waals surface area contributed by atoms with E-state index in [2.05, 4.69) is 10.2 Å². The van der Waals surface area contributed by atoms with Crippen LogP contribution in [0.5, 0.6) is 0 Å². The van der Waals surface area contributed by atoms with Crippen LogP contribution in [0, 0.1) is 12.8 Å². The number of amides is 1. The maximum absolute atomic E-state index is 13.3. The molecule has 1 saturated carbocycles. The van der Waals surface area contributed by atoms with Gasteiger partial charge in [0.25, 0.3) is 5.91 Å². The van der Waals surface area contributed by atoms with E-state index in [-0.39, 0.29) is 17.9 Å². The first kappa shape index (κ1) is 20.2. The van der Waals surface area contributed by atoms with Crippen LogP contribution in [0.15, 0.2) is 46.9 Å². The lowest BCUT2D eigenvalue weighted by molar-refractivity contribution is -0.148. The van der Waals surface area contributed by atoms with Gasteiger partial charge in [-0.1, -0.05) is 43.2 Å². The highest BCUT2D eigenvalue weighted by Gasteiger charge is 2.46. The van der Waals surface area contributed by atoms with Gasteiger partial charge in [0.1, 0.15) is 11.5 Å². The average Bonchev–Trinajstić information content (AvgIpc) is 3.42. The molecule has 2 aliphatic rings. The van der Waals surface area contributed by atoms with Gasteiger partial charge in [-0.2, -0.15) is 0 Å². The second kappa shape index (κ2) is 8.72. The van der Waals surface area contributed by atoms with Gasteiger partial charge in [0.15, 0.2) is 5.60 Å². The van der Waals surface area contributed by atoms with Crippen LogP contribution in [-0.4, -0.2) is 35.0 Å². The fraction of sp³-hybridized carbons (Fsp3) is 0.542. The summed E-state index contributed by atoms with van der Waals surface area (Å²) in [5.41, 5.74) is -0.712. The Labute approximate surface area is 173 Å². The van der Waals surface area contributed by atoms with Crippen LogP contribution in [0.1, 0.15) is 55.6 Å². The van der Waals surface area contributed by atoms with E-state index in [1.54, 1.807) is 0 Å². The van der Waals surface area contributed by atoms with Gasteiger partial charge >= 0.3 is 0 Å². The zero-order valence-corrected chi connectivity index (χ0v) is 17.3. The van der Waals surface area contributed by atoms with Crippen LogP contribution in [0.4, 0.5) is 0 Å². The van der Waals surface area contributed by atoms with Gasteiger partial charge in [-0.25, -0.2) is 0 Å². The van der Waals surface area contributed by atoms with Crippen LogP contribution in [0.2, 0.25) is 0 Å². The van der Waals surface area contributed by atoms with Crippen molar-refractivity contribution in [3.05, 3.63) is 59.5 Å². The number of benzene rings is 1. The fourth-order valence-corrected chi connectivity index (χ4v) is 4.91. The molecule has 4 rings (SSSR count). The molecule has 2 fully saturated rings. The van der Waals surface area contributed by atoms with Crippen LogP contribution in [-0.2, 0) is 16.9 Å². The average molecular weight is 397 g/mol. The number of furan rings is 1. The summed E-state index contributed by atoms with van der Waals surface area (Å²) < 4.78 is 5.68. The summed E-state index contributed by atoms with van der Waals surface area (Å²) in [4.78, 5) is 15.7. The van der Waals surface area contributed by atoms with Crippen molar-refractivity contribution in [2.24, 2.45) is 5.92 Å². The van der Waals surface area contributed by atoms with Crippen molar-refractivity contribution < 1.29 is 14.3 Å². The first-order valence-corrected chi connectivity index (χ1v) is 10.9. The van der Waals surface area contributed by atoms with E-state index < -0.39 is 5.60 Å². The first-order chi connectivity index (χ1) is 14.1. The minimum absolute atomic E-state index is 0.00724. The third-order valence-electron chi connectivity index (χ3n) is 6.60. The summed E-state index contributed by atoms with van der Waals surface area (Å²) in [6.07, 6.45) is 5.75. The second-order valence-electron chi connectivity index (χ2n) is 8.65. The smallest absolute Gasteiger partial charge is 0.257 e. The highest BCUT2D eigenvalue weighted by atomic mass is 16.3.